The summed E-state index contributed by atoms with van der Waals surface area (Å²) >= 11 is 0. The Kier molecular flexibility index (Phi) is 4.22. The van der Waals surface area contributed by atoms with Gasteiger partial charge in [-0.2, -0.15) is 5.26 Å². The van der Waals surface area contributed by atoms with E-state index in [1.165, 1.54) is 11.3 Å². The summed E-state index contributed by atoms with van der Waals surface area (Å²) in [6.07, 6.45) is 0. The van der Waals surface area contributed by atoms with Crippen molar-refractivity contribution in [2.24, 2.45) is 0 Å². The number of anilines is 1. The normalized spacial score (nSPS) is 16.9. The highest BCUT2D eigenvalue weighted by molar-refractivity contribution is 5.48. The van der Waals surface area contributed by atoms with Crippen molar-refractivity contribution in [3.63, 3.8) is 0 Å². The molecule has 1 saturated heterocycles. The van der Waals surface area contributed by atoms with Crippen LogP contribution < -0.4 is 4.90 Å². The smallest absolute Gasteiger partial charge is 0.0867 e. The number of nitrogens with zero attached hydrogens (tertiary/aromatic N) is 3. The van der Waals surface area contributed by atoms with Crippen molar-refractivity contribution in [1.82, 2.24) is 4.90 Å². The predicted molar refractivity (Wildman–Crippen MR) is 74.8 cm³/mol. The van der Waals surface area contributed by atoms with Gasteiger partial charge in [-0.3, -0.25) is 4.90 Å². The van der Waals surface area contributed by atoms with Gasteiger partial charge in [-0.1, -0.05) is 26.0 Å². The Bertz CT molecular complexity index is 408. The summed E-state index contributed by atoms with van der Waals surface area (Å²) < 4.78 is 0. The van der Waals surface area contributed by atoms with Gasteiger partial charge in [-0.15, -0.1) is 0 Å². The fraction of sp³-hybridized carbons (Fsp3) is 0.533. The van der Waals surface area contributed by atoms with Crippen LogP contribution in [-0.4, -0.2) is 37.6 Å². The molecule has 1 fully saturated rings. The highest BCUT2D eigenvalue weighted by Gasteiger charge is 2.16. The lowest BCUT2D eigenvalue weighted by molar-refractivity contribution is 0.287. The van der Waals surface area contributed by atoms with Crippen molar-refractivity contribution < 1.29 is 0 Å². The van der Waals surface area contributed by atoms with Crippen LogP contribution in [0.3, 0.4) is 0 Å². The van der Waals surface area contributed by atoms with Gasteiger partial charge >= 0.3 is 0 Å². The average molecular weight is 243 g/mol. The standard InChI is InChI=1S/C15H21N3/c1-13(2)14-3-5-15(6-4-14)18-11-9-17(8-7-16)10-12-18/h3-6,13H,8-12H2,1-2H3. The van der Waals surface area contributed by atoms with Crippen molar-refractivity contribution in [2.75, 3.05) is 37.6 Å². The number of piperazine rings is 1. The molecule has 2 rings (SSSR count). The zero-order valence-electron chi connectivity index (χ0n) is 11.3. The first-order valence-corrected chi connectivity index (χ1v) is 6.65. The monoisotopic (exact) mass is 243 g/mol. The van der Waals surface area contributed by atoms with E-state index in [1.807, 2.05) is 0 Å². The molecule has 0 N–H and O–H groups in total. The summed E-state index contributed by atoms with van der Waals surface area (Å²) in [6.45, 7) is 9.00. The van der Waals surface area contributed by atoms with E-state index < -0.39 is 0 Å². The van der Waals surface area contributed by atoms with Gasteiger partial charge in [-0.05, 0) is 23.6 Å². The van der Waals surface area contributed by atoms with Crippen LogP contribution in [0.25, 0.3) is 0 Å². The second-order valence-corrected chi connectivity index (χ2v) is 5.17. The first-order chi connectivity index (χ1) is 8.70. The third-order valence-electron chi connectivity index (χ3n) is 3.59. The van der Waals surface area contributed by atoms with Crippen molar-refractivity contribution in [3.8, 4) is 6.07 Å². The molecule has 18 heavy (non-hydrogen) atoms. The van der Waals surface area contributed by atoms with Crippen LogP contribution in [0.4, 0.5) is 5.69 Å². The SMILES string of the molecule is CC(C)c1ccc(N2CCN(CC#N)CC2)cc1. The Balaban J connectivity index is 1.95. The Morgan fingerprint density at radius 1 is 1.11 bits per heavy atom. The summed E-state index contributed by atoms with van der Waals surface area (Å²) in [6, 6.07) is 11.1. The summed E-state index contributed by atoms with van der Waals surface area (Å²) in [5, 5.41) is 8.68. The van der Waals surface area contributed by atoms with E-state index in [9.17, 15) is 0 Å². The topological polar surface area (TPSA) is 30.3 Å². The maximum Gasteiger partial charge on any atom is 0.0867 e. The molecular weight excluding hydrogens is 222 g/mol. The first-order valence-electron chi connectivity index (χ1n) is 6.65. The molecule has 3 heteroatoms. The van der Waals surface area contributed by atoms with Gasteiger partial charge in [-0.25, -0.2) is 0 Å². The molecule has 0 spiro atoms. The first kappa shape index (κ1) is 12.9. The molecule has 1 aromatic carbocycles. The van der Waals surface area contributed by atoms with Crippen LogP contribution in [0.2, 0.25) is 0 Å². The fourth-order valence-electron chi connectivity index (χ4n) is 2.33. The molecule has 1 aliphatic rings. The van der Waals surface area contributed by atoms with Crippen LogP contribution in [0.5, 0.6) is 0 Å². The van der Waals surface area contributed by atoms with E-state index in [2.05, 4.69) is 54.0 Å². The predicted octanol–water partition coefficient (Wildman–Crippen LogP) is 2.46. The van der Waals surface area contributed by atoms with Gasteiger partial charge in [0.05, 0.1) is 12.6 Å². The maximum absolute atomic E-state index is 8.68. The minimum absolute atomic E-state index is 0.556. The quantitative estimate of drug-likeness (QED) is 0.764. The molecule has 0 unspecified atom stereocenters. The van der Waals surface area contributed by atoms with Gasteiger partial charge in [0, 0.05) is 31.9 Å². The van der Waals surface area contributed by atoms with Crippen molar-refractivity contribution in [2.45, 2.75) is 19.8 Å². The lowest BCUT2D eigenvalue weighted by atomic mass is 10.0. The van der Waals surface area contributed by atoms with Crippen molar-refractivity contribution >= 4 is 5.69 Å². The van der Waals surface area contributed by atoms with Crippen LogP contribution in [0.1, 0.15) is 25.3 Å². The molecular formula is C15H21N3. The van der Waals surface area contributed by atoms with Gasteiger partial charge in [0.1, 0.15) is 0 Å². The molecule has 0 bridgehead atoms. The zero-order valence-corrected chi connectivity index (χ0v) is 11.3. The largest absolute Gasteiger partial charge is 0.369 e. The molecule has 3 nitrogen and oxygen atoms in total. The lowest BCUT2D eigenvalue weighted by Crippen LogP contribution is -2.46. The Morgan fingerprint density at radius 3 is 2.22 bits per heavy atom. The Hall–Kier alpha value is -1.53. The molecule has 0 aromatic heterocycles. The summed E-state index contributed by atoms with van der Waals surface area (Å²) in [4.78, 5) is 4.61. The highest BCUT2D eigenvalue weighted by Crippen LogP contribution is 2.21. The Labute approximate surface area is 110 Å². The van der Waals surface area contributed by atoms with Crippen molar-refractivity contribution in [3.05, 3.63) is 29.8 Å². The number of hydrogen-bond donors (Lipinski definition) is 0. The van der Waals surface area contributed by atoms with E-state index in [-0.39, 0.29) is 0 Å². The third-order valence-corrected chi connectivity index (χ3v) is 3.59. The molecule has 0 amide bonds. The molecule has 96 valence electrons. The van der Waals surface area contributed by atoms with E-state index in [4.69, 9.17) is 5.26 Å². The minimum Gasteiger partial charge on any atom is -0.369 e. The van der Waals surface area contributed by atoms with Gasteiger partial charge in [0.25, 0.3) is 0 Å². The van der Waals surface area contributed by atoms with E-state index in [0.29, 0.717) is 12.5 Å². The number of benzene rings is 1. The van der Waals surface area contributed by atoms with E-state index in [1.54, 1.807) is 0 Å². The summed E-state index contributed by atoms with van der Waals surface area (Å²) in [5.41, 5.74) is 2.69. The molecule has 0 atom stereocenters. The molecule has 1 aromatic rings. The number of nitriles is 1. The Morgan fingerprint density at radius 2 is 1.72 bits per heavy atom. The van der Waals surface area contributed by atoms with E-state index >= 15 is 0 Å². The second kappa shape index (κ2) is 5.88. The summed E-state index contributed by atoms with van der Waals surface area (Å²) in [5.74, 6) is 0.589. The number of hydrogen-bond acceptors (Lipinski definition) is 3. The van der Waals surface area contributed by atoms with Crippen LogP contribution in [0.15, 0.2) is 24.3 Å². The molecule has 0 radical (unpaired) electrons. The highest BCUT2D eigenvalue weighted by atomic mass is 15.3. The fourth-order valence-corrected chi connectivity index (χ4v) is 2.33. The lowest BCUT2D eigenvalue weighted by Gasteiger charge is -2.35. The molecule has 0 aliphatic carbocycles. The maximum atomic E-state index is 8.68. The van der Waals surface area contributed by atoms with E-state index in [0.717, 1.165) is 26.2 Å². The van der Waals surface area contributed by atoms with Crippen molar-refractivity contribution in [1.29, 1.82) is 5.26 Å². The van der Waals surface area contributed by atoms with Crippen LogP contribution >= 0.6 is 0 Å². The van der Waals surface area contributed by atoms with Crippen LogP contribution in [0, 0.1) is 11.3 Å². The average Bonchev–Trinajstić information content (AvgIpc) is 2.40. The summed E-state index contributed by atoms with van der Waals surface area (Å²) in [7, 11) is 0. The third kappa shape index (κ3) is 3.02. The van der Waals surface area contributed by atoms with Gasteiger partial charge < -0.3 is 4.90 Å². The van der Waals surface area contributed by atoms with Crippen LogP contribution in [-0.2, 0) is 0 Å². The van der Waals surface area contributed by atoms with Gasteiger partial charge in [0.15, 0.2) is 0 Å². The second-order valence-electron chi connectivity index (χ2n) is 5.17. The molecule has 1 aliphatic heterocycles. The van der Waals surface area contributed by atoms with Gasteiger partial charge in [0.2, 0.25) is 0 Å². The minimum atomic E-state index is 0.556. The number of rotatable bonds is 3. The zero-order chi connectivity index (χ0) is 13.0. The molecule has 0 saturated carbocycles. The molecule has 1 heterocycles.